The molecule has 3 atom stereocenters. The van der Waals surface area contributed by atoms with Crippen LogP contribution < -0.4 is 5.32 Å². The minimum atomic E-state index is -0.425. The Bertz CT molecular complexity index is 977. The van der Waals surface area contributed by atoms with Crippen LogP contribution in [0.15, 0.2) is 66.7 Å². The van der Waals surface area contributed by atoms with Gasteiger partial charge in [0, 0.05) is 19.6 Å². The highest BCUT2D eigenvalue weighted by Crippen LogP contribution is 2.37. The second kappa shape index (κ2) is 12.7. The predicted molar refractivity (Wildman–Crippen MR) is 148 cm³/mol. The van der Waals surface area contributed by atoms with Crippen LogP contribution in [0.3, 0.4) is 0 Å². The van der Waals surface area contributed by atoms with E-state index in [0.717, 1.165) is 64.5 Å². The summed E-state index contributed by atoms with van der Waals surface area (Å²) in [5, 5.41) is 14.3. The van der Waals surface area contributed by atoms with Gasteiger partial charge in [-0.1, -0.05) is 80.6 Å². The number of amides is 1. The van der Waals surface area contributed by atoms with Crippen LogP contribution in [0.4, 0.5) is 0 Å². The average molecular weight is 489 g/mol. The number of hydrogen-bond donors (Lipinski definition) is 2. The van der Waals surface area contributed by atoms with Crippen molar-refractivity contribution in [1.29, 1.82) is 0 Å². The van der Waals surface area contributed by atoms with Gasteiger partial charge in [0.2, 0.25) is 5.91 Å². The molecule has 1 aliphatic heterocycles. The fraction of sp³-hybridized carbons (Fsp3) is 0.531. The highest BCUT2D eigenvalue weighted by Gasteiger charge is 2.42. The number of aliphatic hydroxyl groups is 1. The lowest BCUT2D eigenvalue weighted by atomic mass is 9.72. The number of nitrogens with zero attached hydrogens (tertiary/aromatic N) is 1. The molecule has 0 saturated carbocycles. The van der Waals surface area contributed by atoms with E-state index in [0.29, 0.717) is 18.4 Å². The monoisotopic (exact) mass is 488 g/mol. The Morgan fingerprint density at radius 3 is 2.42 bits per heavy atom. The Hall–Kier alpha value is -2.43. The summed E-state index contributed by atoms with van der Waals surface area (Å²) in [4.78, 5) is 15.8. The summed E-state index contributed by atoms with van der Waals surface area (Å²) >= 11 is 0. The van der Waals surface area contributed by atoms with Crippen molar-refractivity contribution in [3.8, 4) is 0 Å². The maximum absolute atomic E-state index is 13.6. The zero-order valence-corrected chi connectivity index (χ0v) is 22.2. The molecule has 0 radical (unpaired) electrons. The second-order valence-electron chi connectivity index (χ2n) is 11.1. The van der Waals surface area contributed by atoms with E-state index >= 15 is 0 Å². The second-order valence-corrected chi connectivity index (χ2v) is 11.1. The average Bonchev–Trinajstić information content (AvgIpc) is 2.90. The van der Waals surface area contributed by atoms with Gasteiger partial charge in [-0.05, 0) is 79.9 Å². The maximum atomic E-state index is 13.6. The number of aliphatic hydroxyl groups excluding tert-OH is 1. The number of aryl methyl sites for hydroxylation is 1. The lowest BCUT2D eigenvalue weighted by molar-refractivity contribution is -0.136. The number of piperidine rings is 1. The van der Waals surface area contributed by atoms with E-state index in [9.17, 15) is 9.90 Å². The molecule has 2 aliphatic rings. The molecule has 1 saturated heterocycles. The fourth-order valence-electron chi connectivity index (χ4n) is 6.01. The van der Waals surface area contributed by atoms with E-state index < -0.39 is 11.6 Å². The van der Waals surface area contributed by atoms with E-state index in [4.69, 9.17) is 0 Å². The van der Waals surface area contributed by atoms with Crippen LogP contribution >= 0.6 is 0 Å². The van der Waals surface area contributed by atoms with E-state index in [1.807, 2.05) is 6.07 Å². The topological polar surface area (TPSA) is 52.6 Å². The third-order valence-electron chi connectivity index (χ3n) is 8.36. The molecule has 36 heavy (non-hydrogen) atoms. The molecule has 1 heterocycles. The molecule has 0 bridgehead atoms. The van der Waals surface area contributed by atoms with Crippen molar-refractivity contribution in [3.63, 3.8) is 0 Å². The van der Waals surface area contributed by atoms with Gasteiger partial charge in [0.05, 0.1) is 5.41 Å². The number of hydrogen-bond acceptors (Lipinski definition) is 3. The third kappa shape index (κ3) is 7.08. The van der Waals surface area contributed by atoms with Crippen LogP contribution in [0.5, 0.6) is 0 Å². The highest BCUT2D eigenvalue weighted by atomic mass is 16.3. The quantitative estimate of drug-likeness (QED) is 0.432. The summed E-state index contributed by atoms with van der Waals surface area (Å²) in [6, 6.07) is 19.1. The number of nitrogens with one attached hydrogen (secondary N) is 1. The molecule has 1 fully saturated rings. The van der Waals surface area contributed by atoms with Gasteiger partial charge >= 0.3 is 0 Å². The first-order valence-corrected chi connectivity index (χ1v) is 14.0. The summed E-state index contributed by atoms with van der Waals surface area (Å²) in [6.07, 6.45) is 11.4. The number of carbonyl (C=O) groups excluding carboxylic acids is 1. The minimum Gasteiger partial charge on any atom is -0.378 e. The van der Waals surface area contributed by atoms with Crippen molar-refractivity contribution in [2.75, 3.05) is 19.6 Å². The number of benzene rings is 2. The van der Waals surface area contributed by atoms with E-state index in [-0.39, 0.29) is 5.91 Å². The Balaban J connectivity index is 1.36. The lowest BCUT2D eigenvalue weighted by Crippen LogP contribution is -2.52. The molecule has 1 aliphatic carbocycles. The molecule has 194 valence electrons. The molecule has 0 aromatic heterocycles. The van der Waals surface area contributed by atoms with E-state index in [2.05, 4.69) is 84.7 Å². The van der Waals surface area contributed by atoms with Gasteiger partial charge in [-0.15, -0.1) is 0 Å². The van der Waals surface area contributed by atoms with E-state index in [1.165, 1.54) is 16.7 Å². The Labute approximate surface area is 217 Å². The first kappa shape index (κ1) is 26.6. The van der Waals surface area contributed by atoms with Crippen molar-refractivity contribution >= 4 is 5.91 Å². The standard InChI is InChI=1S/C32H44N2O2/c1-3-26-12-14-27(15-13-26)16-19-33-31(36)32(24-28-9-5-4-6-10-28)17-20-34(21-18-32)30(35)23-29-11-7-8-25(2)22-29/h4-10,12-15,25,29-30,35H,3,11,16-24H2,1-2H3,(H,33,36). The van der Waals surface area contributed by atoms with Crippen molar-refractivity contribution in [3.05, 3.63) is 83.4 Å². The number of allylic oxidation sites excluding steroid dienone is 2. The zero-order chi connectivity index (χ0) is 25.4. The van der Waals surface area contributed by atoms with Crippen LogP contribution in [0, 0.1) is 17.3 Å². The number of carbonyl (C=O) groups is 1. The van der Waals surface area contributed by atoms with Crippen LogP contribution in [0.25, 0.3) is 0 Å². The number of rotatable bonds is 10. The normalized spacial score (nSPS) is 22.8. The van der Waals surface area contributed by atoms with Crippen molar-refractivity contribution in [2.24, 2.45) is 17.3 Å². The van der Waals surface area contributed by atoms with Gasteiger partial charge in [0.25, 0.3) is 0 Å². The molecule has 4 heteroatoms. The maximum Gasteiger partial charge on any atom is 0.226 e. The highest BCUT2D eigenvalue weighted by molar-refractivity contribution is 5.83. The minimum absolute atomic E-state index is 0.164. The Morgan fingerprint density at radius 1 is 1.06 bits per heavy atom. The predicted octanol–water partition coefficient (Wildman–Crippen LogP) is 5.54. The fourth-order valence-corrected chi connectivity index (χ4v) is 6.01. The summed E-state index contributed by atoms with van der Waals surface area (Å²) in [6.45, 7) is 6.60. The van der Waals surface area contributed by atoms with Crippen LogP contribution in [0.2, 0.25) is 0 Å². The molecular weight excluding hydrogens is 444 g/mol. The van der Waals surface area contributed by atoms with Crippen LogP contribution in [0.1, 0.15) is 62.6 Å². The van der Waals surface area contributed by atoms with Crippen LogP contribution in [-0.2, 0) is 24.1 Å². The lowest BCUT2D eigenvalue weighted by Gasteiger charge is -2.43. The molecule has 4 nitrogen and oxygen atoms in total. The molecule has 2 N–H and O–H groups in total. The third-order valence-corrected chi connectivity index (χ3v) is 8.36. The van der Waals surface area contributed by atoms with Gasteiger partial charge in [0.15, 0.2) is 0 Å². The summed E-state index contributed by atoms with van der Waals surface area (Å²) < 4.78 is 0. The SMILES string of the molecule is CCc1ccc(CCNC(=O)C2(Cc3ccccc3)CCN(C(O)CC3CC=CC(C)C3)CC2)cc1. The molecule has 2 aromatic carbocycles. The molecule has 4 rings (SSSR count). The molecule has 0 spiro atoms. The molecular formula is C32H44N2O2. The summed E-state index contributed by atoms with van der Waals surface area (Å²) in [7, 11) is 0. The largest absolute Gasteiger partial charge is 0.378 e. The van der Waals surface area contributed by atoms with Gasteiger partial charge in [-0.25, -0.2) is 0 Å². The Morgan fingerprint density at radius 2 is 1.75 bits per heavy atom. The van der Waals surface area contributed by atoms with Crippen molar-refractivity contribution < 1.29 is 9.90 Å². The summed E-state index contributed by atoms with van der Waals surface area (Å²) in [5.41, 5.74) is 3.38. The van der Waals surface area contributed by atoms with E-state index in [1.54, 1.807) is 0 Å². The summed E-state index contributed by atoms with van der Waals surface area (Å²) in [5.74, 6) is 1.31. The van der Waals surface area contributed by atoms with Gasteiger partial charge in [-0.3, -0.25) is 9.69 Å². The van der Waals surface area contributed by atoms with Crippen molar-refractivity contribution in [1.82, 2.24) is 10.2 Å². The number of likely N-dealkylation sites (tertiary alicyclic amines) is 1. The van der Waals surface area contributed by atoms with Gasteiger partial charge in [-0.2, -0.15) is 0 Å². The molecule has 1 amide bonds. The Kier molecular flexibility index (Phi) is 9.39. The van der Waals surface area contributed by atoms with Crippen LogP contribution in [-0.4, -0.2) is 41.8 Å². The van der Waals surface area contributed by atoms with Gasteiger partial charge in [0.1, 0.15) is 6.23 Å². The van der Waals surface area contributed by atoms with Crippen molar-refractivity contribution in [2.45, 2.75) is 71.4 Å². The smallest absolute Gasteiger partial charge is 0.226 e. The van der Waals surface area contributed by atoms with Gasteiger partial charge < -0.3 is 10.4 Å². The first-order chi connectivity index (χ1) is 17.5. The zero-order valence-electron chi connectivity index (χ0n) is 22.2. The first-order valence-electron chi connectivity index (χ1n) is 14.0. The molecule has 3 unspecified atom stereocenters. The molecule has 2 aromatic rings.